The van der Waals surface area contributed by atoms with Crippen molar-refractivity contribution in [2.24, 2.45) is 0 Å². The maximum Gasteiger partial charge on any atom is 0.278 e. The maximum atomic E-state index is 14.3. The molecule has 4 heterocycles. The number of methoxy groups -OCH3 is 1. The normalized spacial score (nSPS) is 14.8. The molecule has 0 fully saturated rings. The highest BCUT2D eigenvalue weighted by atomic mass is 35.5. The van der Waals surface area contributed by atoms with Gasteiger partial charge in [0.05, 0.1) is 64.2 Å². The number of benzene rings is 3. The first-order valence-corrected chi connectivity index (χ1v) is 20.1. The first-order chi connectivity index (χ1) is 29.2. The Morgan fingerprint density at radius 1 is 0.833 bits per heavy atom. The van der Waals surface area contributed by atoms with Gasteiger partial charge < -0.3 is 43.0 Å². The van der Waals surface area contributed by atoms with E-state index in [2.05, 4.69) is 10.3 Å². The molecule has 2 aliphatic heterocycles. The lowest BCUT2D eigenvalue weighted by Gasteiger charge is -2.19. The Kier molecular flexibility index (Phi) is 14.1. The van der Waals surface area contributed by atoms with Crippen LogP contribution in [0.3, 0.4) is 0 Å². The van der Waals surface area contributed by atoms with E-state index in [0.717, 1.165) is 32.5 Å². The van der Waals surface area contributed by atoms with Gasteiger partial charge in [-0.3, -0.25) is 24.1 Å². The molecule has 60 heavy (non-hydrogen) atoms. The van der Waals surface area contributed by atoms with Crippen molar-refractivity contribution in [1.82, 2.24) is 14.3 Å². The van der Waals surface area contributed by atoms with E-state index in [4.69, 9.17) is 40.0 Å². The molecule has 15 nitrogen and oxygen atoms in total. The third-order valence-corrected chi connectivity index (χ3v) is 10.4. The van der Waals surface area contributed by atoms with E-state index in [1.165, 1.54) is 12.2 Å². The van der Waals surface area contributed by atoms with Gasteiger partial charge in [0, 0.05) is 67.0 Å². The number of carbonyl (C=O) groups is 4. The minimum absolute atomic E-state index is 0.113. The van der Waals surface area contributed by atoms with Crippen LogP contribution in [0.2, 0.25) is 0 Å². The number of amides is 4. The van der Waals surface area contributed by atoms with Crippen molar-refractivity contribution < 1.29 is 47.6 Å². The van der Waals surface area contributed by atoms with Crippen LogP contribution in [0.25, 0.3) is 16.4 Å². The van der Waals surface area contributed by atoms with E-state index in [1.807, 2.05) is 31.2 Å². The van der Waals surface area contributed by atoms with Crippen LogP contribution < -0.4 is 19.7 Å². The largest absolute Gasteiger partial charge is 0.491 e. The number of aromatic nitrogens is 2. The Bertz CT molecular complexity index is 2370. The van der Waals surface area contributed by atoms with Gasteiger partial charge in [-0.2, -0.15) is 0 Å². The quantitative estimate of drug-likeness (QED) is 0.0572. The van der Waals surface area contributed by atoms with Crippen LogP contribution in [-0.2, 0) is 28.5 Å². The molecule has 3 aromatic carbocycles. The summed E-state index contributed by atoms with van der Waals surface area (Å²) in [6, 6.07) is 18.3. The summed E-state index contributed by atoms with van der Waals surface area (Å²) < 4.78 is 35.4. The Hall–Kier alpha value is -5.84. The average molecular weight is 840 g/mol. The number of fused-ring (bicyclic) bond motifs is 4. The van der Waals surface area contributed by atoms with E-state index in [0.29, 0.717) is 87.1 Å². The molecule has 0 saturated carbocycles. The number of hydrogen-bond acceptors (Lipinski definition) is 11. The number of carbonyl (C=O) groups excluding carboxylic acids is 4. The molecule has 1 atom stereocenters. The van der Waals surface area contributed by atoms with Crippen molar-refractivity contribution in [3.63, 3.8) is 0 Å². The van der Waals surface area contributed by atoms with E-state index in [-0.39, 0.29) is 55.0 Å². The molecule has 4 amide bonds. The van der Waals surface area contributed by atoms with E-state index in [9.17, 15) is 19.2 Å². The summed E-state index contributed by atoms with van der Waals surface area (Å²) in [5, 5.41) is 4.83. The number of alkyl halides is 1. The van der Waals surface area contributed by atoms with Gasteiger partial charge in [0.15, 0.2) is 0 Å². The van der Waals surface area contributed by atoms with Crippen molar-refractivity contribution in [3.05, 3.63) is 108 Å². The molecule has 2 aliphatic rings. The smallest absolute Gasteiger partial charge is 0.278 e. The molecule has 0 saturated heterocycles. The van der Waals surface area contributed by atoms with E-state index < -0.39 is 0 Å². The Morgan fingerprint density at radius 2 is 1.53 bits per heavy atom. The topological polar surface area (TPSA) is 159 Å². The molecular formula is C44H46ClN5O10. The highest BCUT2D eigenvalue weighted by Crippen LogP contribution is 2.47. The van der Waals surface area contributed by atoms with Gasteiger partial charge in [-0.25, -0.2) is 4.98 Å². The summed E-state index contributed by atoms with van der Waals surface area (Å²) in [6.45, 7) is 5.67. The number of anilines is 2. The van der Waals surface area contributed by atoms with Crippen LogP contribution in [0.15, 0.2) is 85.2 Å². The standard InChI is InChI=1S/C44H46ClN5O10/c1-29-4-3-5-34-37(60-23-21-58-20-19-57-18-17-56-15-14-49-39(51)12-13-40(49)52)24-36-42(41(29)34)31(25-45)26-50(36)44(54)35-28-48-27-32(8-11-38(48)47-35)46-43(53)30-6-9-33(10-7-30)59-22-16-55-2/h3-13,24,27-28,31H,14-23,25-26H2,1-2H3,(H,46,53)/t31-/m1/s1. The summed E-state index contributed by atoms with van der Waals surface area (Å²) in [4.78, 5) is 58.0. The molecule has 5 aromatic rings. The van der Waals surface area contributed by atoms with Crippen LogP contribution in [0, 0.1) is 6.92 Å². The van der Waals surface area contributed by atoms with Gasteiger partial charge in [0.2, 0.25) is 0 Å². The van der Waals surface area contributed by atoms with Gasteiger partial charge in [-0.05, 0) is 59.8 Å². The van der Waals surface area contributed by atoms with Crippen molar-refractivity contribution in [2.45, 2.75) is 12.8 Å². The number of imide groups is 1. The molecule has 0 spiro atoms. The number of ether oxygens (including phenoxy) is 6. The highest BCUT2D eigenvalue weighted by molar-refractivity contribution is 6.19. The molecule has 0 aliphatic carbocycles. The van der Waals surface area contributed by atoms with Gasteiger partial charge in [-0.1, -0.05) is 18.2 Å². The van der Waals surface area contributed by atoms with Crippen LogP contribution in [0.5, 0.6) is 11.5 Å². The number of pyridine rings is 1. The molecule has 0 radical (unpaired) electrons. The van der Waals surface area contributed by atoms with E-state index >= 15 is 0 Å². The maximum absolute atomic E-state index is 14.3. The monoisotopic (exact) mass is 839 g/mol. The molecule has 2 aromatic heterocycles. The second-order valence-corrected chi connectivity index (χ2v) is 14.4. The minimum atomic E-state index is -0.331. The second-order valence-electron chi connectivity index (χ2n) is 14.0. The zero-order valence-corrected chi connectivity index (χ0v) is 34.2. The zero-order chi connectivity index (χ0) is 42.0. The number of rotatable bonds is 21. The Balaban J connectivity index is 0.955. The third kappa shape index (κ3) is 9.78. The lowest BCUT2D eigenvalue weighted by atomic mass is 9.92. The van der Waals surface area contributed by atoms with Gasteiger partial charge in [0.25, 0.3) is 23.6 Å². The molecule has 16 heteroatoms. The SMILES string of the molecule is COCCOc1ccc(C(=O)Nc2ccc3nc(C(=O)N4C[C@@H](CCl)c5c4cc(OCCOCCOCCOCCN4C(=O)C=CC4=O)c4cccc(C)c54)cn3c2)cc1. The summed E-state index contributed by atoms with van der Waals surface area (Å²) in [5.41, 5.74) is 4.53. The number of imidazole rings is 1. The summed E-state index contributed by atoms with van der Waals surface area (Å²) in [7, 11) is 1.60. The number of halogens is 1. The lowest BCUT2D eigenvalue weighted by molar-refractivity contribution is -0.137. The third-order valence-electron chi connectivity index (χ3n) is 10.1. The van der Waals surface area contributed by atoms with Crippen LogP contribution in [0.4, 0.5) is 11.4 Å². The fraction of sp³-hybridized carbons (Fsp3) is 0.341. The fourth-order valence-corrected chi connectivity index (χ4v) is 7.39. The number of hydrogen-bond donors (Lipinski definition) is 1. The molecule has 0 unspecified atom stereocenters. The van der Waals surface area contributed by atoms with Crippen LogP contribution in [0.1, 0.15) is 37.9 Å². The molecule has 1 N–H and O–H groups in total. The lowest BCUT2D eigenvalue weighted by Crippen LogP contribution is -2.33. The molecular weight excluding hydrogens is 794 g/mol. The average Bonchev–Trinajstić information content (AvgIpc) is 3.95. The summed E-state index contributed by atoms with van der Waals surface area (Å²) in [6.07, 6.45) is 5.87. The van der Waals surface area contributed by atoms with Gasteiger partial charge >= 0.3 is 0 Å². The predicted octanol–water partition coefficient (Wildman–Crippen LogP) is 5.41. The van der Waals surface area contributed by atoms with Gasteiger partial charge in [-0.15, -0.1) is 11.6 Å². The minimum Gasteiger partial charge on any atom is -0.491 e. The van der Waals surface area contributed by atoms with Gasteiger partial charge in [0.1, 0.15) is 36.1 Å². The van der Waals surface area contributed by atoms with Crippen molar-refractivity contribution in [3.8, 4) is 11.5 Å². The van der Waals surface area contributed by atoms with Crippen LogP contribution >= 0.6 is 11.6 Å². The van der Waals surface area contributed by atoms with E-state index in [1.54, 1.807) is 65.2 Å². The number of aryl methyl sites for hydroxylation is 1. The first kappa shape index (κ1) is 42.3. The molecule has 7 rings (SSSR count). The molecule has 314 valence electrons. The van der Waals surface area contributed by atoms with Crippen molar-refractivity contribution in [2.75, 3.05) is 95.8 Å². The number of nitrogens with zero attached hydrogens (tertiary/aromatic N) is 4. The van der Waals surface area contributed by atoms with Crippen molar-refractivity contribution in [1.29, 1.82) is 0 Å². The molecule has 0 bridgehead atoms. The Morgan fingerprint density at radius 3 is 2.25 bits per heavy atom. The summed E-state index contributed by atoms with van der Waals surface area (Å²) in [5.74, 6) is 0.223. The Labute approximate surface area is 351 Å². The van der Waals surface area contributed by atoms with Crippen LogP contribution in [-0.4, -0.2) is 123 Å². The van der Waals surface area contributed by atoms with Crippen molar-refractivity contribution >= 4 is 63.0 Å². The summed E-state index contributed by atoms with van der Waals surface area (Å²) >= 11 is 6.57. The number of nitrogens with one attached hydrogen (secondary N) is 1. The first-order valence-electron chi connectivity index (χ1n) is 19.6. The predicted molar refractivity (Wildman–Crippen MR) is 225 cm³/mol. The second kappa shape index (κ2) is 19.9. The highest BCUT2D eigenvalue weighted by Gasteiger charge is 2.36. The zero-order valence-electron chi connectivity index (χ0n) is 33.4. The fourth-order valence-electron chi connectivity index (χ4n) is 7.14.